The molecule has 20 heavy (non-hydrogen) atoms. The Morgan fingerprint density at radius 1 is 1.25 bits per heavy atom. The molecule has 1 saturated carbocycles. The van der Waals surface area contributed by atoms with Crippen molar-refractivity contribution < 1.29 is 4.39 Å². The fraction of sp³-hybridized carbons (Fsp3) is 0.438. The van der Waals surface area contributed by atoms with E-state index in [0.29, 0.717) is 16.9 Å². The van der Waals surface area contributed by atoms with Crippen molar-refractivity contribution >= 4 is 22.3 Å². The largest absolute Gasteiger partial charge is 0.398 e. The van der Waals surface area contributed by atoms with Gasteiger partial charge in [0, 0.05) is 23.3 Å². The Kier molecular flexibility index (Phi) is 2.53. The summed E-state index contributed by atoms with van der Waals surface area (Å²) in [6, 6.07) is 5.27. The number of nitrogen functional groups attached to an aromatic ring is 1. The highest BCUT2D eigenvalue weighted by molar-refractivity contribution is 5.98. The van der Waals surface area contributed by atoms with Gasteiger partial charge in [0.25, 0.3) is 0 Å². The minimum absolute atomic E-state index is 0.127. The number of nitrogens with zero attached hydrogens (tertiary/aromatic N) is 1. The van der Waals surface area contributed by atoms with E-state index in [4.69, 9.17) is 5.73 Å². The summed E-state index contributed by atoms with van der Waals surface area (Å²) < 4.78 is 14.3. The quantitative estimate of drug-likeness (QED) is 0.818. The fourth-order valence-electron chi connectivity index (χ4n) is 3.08. The topological polar surface area (TPSA) is 50.9 Å². The van der Waals surface area contributed by atoms with E-state index in [1.165, 1.54) is 6.07 Å². The van der Waals surface area contributed by atoms with Gasteiger partial charge in [-0.15, -0.1) is 0 Å². The maximum atomic E-state index is 14.3. The molecular formula is C16H20FN3. The van der Waals surface area contributed by atoms with Crippen molar-refractivity contribution in [2.45, 2.75) is 33.7 Å². The van der Waals surface area contributed by atoms with Crippen LogP contribution in [0.4, 0.5) is 15.8 Å². The van der Waals surface area contributed by atoms with Crippen LogP contribution in [0.5, 0.6) is 0 Å². The van der Waals surface area contributed by atoms with Crippen LogP contribution in [0.15, 0.2) is 24.4 Å². The van der Waals surface area contributed by atoms with Crippen molar-refractivity contribution in [2.75, 3.05) is 11.1 Å². The van der Waals surface area contributed by atoms with Crippen molar-refractivity contribution in [3.8, 4) is 0 Å². The predicted octanol–water partition coefficient (Wildman–Crippen LogP) is 3.80. The van der Waals surface area contributed by atoms with Gasteiger partial charge in [-0.05, 0) is 29.0 Å². The zero-order valence-electron chi connectivity index (χ0n) is 12.3. The molecule has 0 bridgehead atoms. The summed E-state index contributed by atoms with van der Waals surface area (Å²) >= 11 is 0. The number of fused-ring (bicyclic) bond motifs is 1. The molecular weight excluding hydrogens is 253 g/mol. The second-order valence-electron chi connectivity index (χ2n) is 6.74. The van der Waals surface area contributed by atoms with Crippen LogP contribution in [0.2, 0.25) is 0 Å². The molecule has 1 aliphatic rings. The number of pyridine rings is 1. The van der Waals surface area contributed by atoms with Gasteiger partial charge in [0.1, 0.15) is 0 Å². The normalized spacial score (nSPS) is 20.1. The summed E-state index contributed by atoms with van der Waals surface area (Å²) in [4.78, 5) is 4.30. The van der Waals surface area contributed by atoms with Crippen LogP contribution in [0.3, 0.4) is 0 Å². The molecule has 3 nitrogen and oxygen atoms in total. The Labute approximate surface area is 118 Å². The number of benzene rings is 1. The smallest absolute Gasteiger partial charge is 0.150 e. The summed E-state index contributed by atoms with van der Waals surface area (Å²) in [5, 5.41) is 4.13. The standard InChI is InChI=1S/C16H20FN3/c1-15(2)14(16(15,3)4)20-13-10(17)8-11(18)9-6-5-7-19-12(9)13/h5-8,14,20H,18H2,1-4H3. The van der Waals surface area contributed by atoms with E-state index in [9.17, 15) is 4.39 Å². The number of hydrogen-bond donors (Lipinski definition) is 2. The fourth-order valence-corrected chi connectivity index (χ4v) is 3.08. The first-order valence-electron chi connectivity index (χ1n) is 6.86. The highest BCUT2D eigenvalue weighted by Crippen LogP contribution is 2.64. The summed E-state index contributed by atoms with van der Waals surface area (Å²) in [6.07, 6.45) is 1.66. The Balaban J connectivity index is 2.09. The average Bonchev–Trinajstić information content (AvgIpc) is 2.76. The second-order valence-corrected chi connectivity index (χ2v) is 6.74. The SMILES string of the molecule is CC1(C)C(Nc2c(F)cc(N)c3cccnc23)C1(C)C. The van der Waals surface area contributed by atoms with Crippen molar-refractivity contribution in [3.63, 3.8) is 0 Å². The molecule has 1 fully saturated rings. The zero-order valence-corrected chi connectivity index (χ0v) is 12.3. The van der Waals surface area contributed by atoms with Crippen molar-refractivity contribution in [3.05, 3.63) is 30.2 Å². The minimum Gasteiger partial charge on any atom is -0.398 e. The van der Waals surface area contributed by atoms with Gasteiger partial charge in [-0.3, -0.25) is 4.98 Å². The van der Waals surface area contributed by atoms with Gasteiger partial charge in [0.15, 0.2) is 5.82 Å². The molecule has 0 radical (unpaired) electrons. The number of aromatic nitrogens is 1. The third-order valence-corrected chi connectivity index (χ3v) is 5.19. The molecule has 1 aliphatic carbocycles. The first-order valence-corrected chi connectivity index (χ1v) is 6.86. The van der Waals surface area contributed by atoms with E-state index in [-0.39, 0.29) is 22.7 Å². The van der Waals surface area contributed by atoms with E-state index in [1.807, 2.05) is 12.1 Å². The van der Waals surface area contributed by atoms with Crippen LogP contribution < -0.4 is 11.1 Å². The third kappa shape index (κ3) is 1.60. The number of nitrogens with one attached hydrogen (secondary N) is 1. The molecule has 0 atom stereocenters. The molecule has 4 heteroatoms. The first-order chi connectivity index (χ1) is 9.26. The summed E-state index contributed by atoms with van der Waals surface area (Å²) in [5.41, 5.74) is 7.60. The summed E-state index contributed by atoms with van der Waals surface area (Å²) in [5.74, 6) is -0.341. The van der Waals surface area contributed by atoms with E-state index in [2.05, 4.69) is 38.0 Å². The maximum Gasteiger partial charge on any atom is 0.150 e. The van der Waals surface area contributed by atoms with Gasteiger partial charge in [-0.25, -0.2) is 4.39 Å². The van der Waals surface area contributed by atoms with Crippen LogP contribution in [-0.4, -0.2) is 11.0 Å². The van der Waals surface area contributed by atoms with Gasteiger partial charge in [0.05, 0.1) is 11.2 Å². The zero-order chi connectivity index (χ0) is 14.7. The molecule has 1 aromatic carbocycles. The lowest BCUT2D eigenvalue weighted by atomic mass is 10.0. The van der Waals surface area contributed by atoms with Crippen molar-refractivity contribution in [1.82, 2.24) is 4.98 Å². The van der Waals surface area contributed by atoms with Crippen LogP contribution in [0.1, 0.15) is 27.7 Å². The third-order valence-electron chi connectivity index (χ3n) is 5.19. The number of halogens is 1. The molecule has 1 heterocycles. The number of rotatable bonds is 2. The van der Waals surface area contributed by atoms with Gasteiger partial charge in [0.2, 0.25) is 0 Å². The first kappa shape index (κ1) is 13.2. The van der Waals surface area contributed by atoms with Gasteiger partial charge in [-0.2, -0.15) is 0 Å². The molecule has 1 aromatic heterocycles. The Hall–Kier alpha value is -1.84. The van der Waals surface area contributed by atoms with E-state index in [0.717, 1.165) is 5.39 Å². The van der Waals surface area contributed by atoms with E-state index in [1.54, 1.807) is 6.20 Å². The molecule has 106 valence electrons. The minimum atomic E-state index is -0.341. The van der Waals surface area contributed by atoms with Crippen LogP contribution >= 0.6 is 0 Å². The van der Waals surface area contributed by atoms with E-state index >= 15 is 0 Å². The maximum absolute atomic E-state index is 14.3. The highest BCUT2D eigenvalue weighted by atomic mass is 19.1. The monoisotopic (exact) mass is 273 g/mol. The van der Waals surface area contributed by atoms with E-state index < -0.39 is 0 Å². The van der Waals surface area contributed by atoms with Crippen LogP contribution in [0, 0.1) is 16.6 Å². The molecule has 3 rings (SSSR count). The van der Waals surface area contributed by atoms with Crippen LogP contribution in [-0.2, 0) is 0 Å². The van der Waals surface area contributed by atoms with Gasteiger partial charge >= 0.3 is 0 Å². The molecule has 0 aliphatic heterocycles. The van der Waals surface area contributed by atoms with Gasteiger partial charge < -0.3 is 11.1 Å². The lowest BCUT2D eigenvalue weighted by Gasteiger charge is -2.13. The Morgan fingerprint density at radius 3 is 2.50 bits per heavy atom. The van der Waals surface area contributed by atoms with Gasteiger partial charge in [-0.1, -0.05) is 27.7 Å². The predicted molar refractivity (Wildman–Crippen MR) is 81.1 cm³/mol. The molecule has 2 aromatic rings. The highest BCUT2D eigenvalue weighted by Gasteiger charge is 2.65. The average molecular weight is 273 g/mol. The molecule has 0 spiro atoms. The molecule has 0 unspecified atom stereocenters. The lowest BCUT2D eigenvalue weighted by molar-refractivity contribution is 0.457. The number of hydrogen-bond acceptors (Lipinski definition) is 3. The molecule has 0 amide bonds. The van der Waals surface area contributed by atoms with Crippen molar-refractivity contribution in [2.24, 2.45) is 10.8 Å². The molecule has 0 saturated heterocycles. The summed E-state index contributed by atoms with van der Waals surface area (Å²) in [7, 11) is 0. The van der Waals surface area contributed by atoms with Crippen molar-refractivity contribution in [1.29, 1.82) is 0 Å². The Bertz CT molecular complexity index is 677. The second kappa shape index (κ2) is 3.84. The Morgan fingerprint density at radius 2 is 1.90 bits per heavy atom. The number of anilines is 2. The lowest BCUT2D eigenvalue weighted by Crippen LogP contribution is -2.12. The molecule has 3 N–H and O–H groups in total. The van der Waals surface area contributed by atoms with Crippen LogP contribution in [0.25, 0.3) is 10.9 Å². The summed E-state index contributed by atoms with van der Waals surface area (Å²) in [6.45, 7) is 8.76. The number of nitrogens with two attached hydrogens (primary N) is 1.